The Morgan fingerprint density at radius 3 is 2.81 bits per heavy atom. The summed E-state index contributed by atoms with van der Waals surface area (Å²) in [5.74, 6) is -0.512. The number of rotatable bonds is 4. The van der Waals surface area contributed by atoms with Crippen LogP contribution in [0.15, 0.2) is 45.6 Å². The van der Waals surface area contributed by atoms with Crippen LogP contribution in [0.5, 0.6) is 0 Å². The maximum atomic E-state index is 12.8. The van der Waals surface area contributed by atoms with E-state index < -0.39 is 23.7 Å². The van der Waals surface area contributed by atoms with Crippen LogP contribution in [0.2, 0.25) is 0 Å². The first kappa shape index (κ1) is 19.9. The van der Waals surface area contributed by atoms with Crippen molar-refractivity contribution in [3.05, 3.63) is 62.5 Å². The Bertz CT molecular complexity index is 1630. The number of hydrogen-bond donors (Lipinski definition) is 2. The number of amides is 1. The molecule has 4 heterocycles. The quantitative estimate of drug-likeness (QED) is 0.435. The van der Waals surface area contributed by atoms with Crippen molar-refractivity contribution in [2.24, 2.45) is 14.1 Å². The van der Waals surface area contributed by atoms with Gasteiger partial charge in [0.2, 0.25) is 5.91 Å². The molecule has 32 heavy (non-hydrogen) atoms. The van der Waals surface area contributed by atoms with Crippen LogP contribution in [0.1, 0.15) is 5.69 Å². The van der Waals surface area contributed by atoms with E-state index in [1.165, 1.54) is 33.8 Å². The Balaban J connectivity index is 1.43. The van der Waals surface area contributed by atoms with E-state index in [0.29, 0.717) is 5.13 Å². The van der Waals surface area contributed by atoms with E-state index in [9.17, 15) is 14.4 Å². The van der Waals surface area contributed by atoms with Gasteiger partial charge in [-0.25, -0.2) is 19.3 Å². The Labute approximate surface area is 184 Å². The fourth-order valence-electron chi connectivity index (χ4n) is 3.89. The number of benzene rings is 1. The monoisotopic (exact) mass is 449 g/mol. The Kier molecular flexibility index (Phi) is 4.55. The molecule has 5 rings (SSSR count). The first-order valence-corrected chi connectivity index (χ1v) is 10.7. The molecular formula is C21H19N7O3S. The number of hydrogen-bond acceptors (Lipinski definition) is 6. The predicted molar refractivity (Wildman–Crippen MR) is 123 cm³/mol. The van der Waals surface area contributed by atoms with E-state index in [0.717, 1.165) is 32.4 Å². The van der Waals surface area contributed by atoms with E-state index >= 15 is 0 Å². The second-order valence-electron chi connectivity index (χ2n) is 7.52. The fraction of sp³-hybridized carbons (Fsp3) is 0.190. The molecule has 0 aliphatic heterocycles. The number of thiazole rings is 1. The van der Waals surface area contributed by atoms with E-state index in [2.05, 4.69) is 20.3 Å². The van der Waals surface area contributed by atoms with Crippen molar-refractivity contribution in [3.63, 3.8) is 0 Å². The largest absolute Gasteiger partial charge is 0.358 e. The van der Waals surface area contributed by atoms with Crippen molar-refractivity contribution in [2.75, 3.05) is 5.32 Å². The van der Waals surface area contributed by atoms with Crippen LogP contribution in [-0.2, 0) is 25.4 Å². The molecule has 10 nitrogen and oxygen atoms in total. The Hall–Kier alpha value is -3.99. The summed E-state index contributed by atoms with van der Waals surface area (Å²) in [4.78, 5) is 50.0. The zero-order chi connectivity index (χ0) is 22.6. The van der Waals surface area contributed by atoms with Gasteiger partial charge in [-0.2, -0.15) is 0 Å². The number of aromatic amines is 1. The molecule has 5 aromatic rings. The summed E-state index contributed by atoms with van der Waals surface area (Å²) in [6, 6.07) is 7.94. The maximum absolute atomic E-state index is 12.8. The lowest BCUT2D eigenvalue weighted by Gasteiger charge is -2.08. The number of imidazole rings is 1. The van der Waals surface area contributed by atoms with Gasteiger partial charge in [-0.3, -0.25) is 14.2 Å². The van der Waals surface area contributed by atoms with Crippen molar-refractivity contribution >= 4 is 44.4 Å². The zero-order valence-corrected chi connectivity index (χ0v) is 18.4. The zero-order valence-electron chi connectivity index (χ0n) is 17.5. The Morgan fingerprint density at radius 1 is 1.22 bits per heavy atom. The van der Waals surface area contributed by atoms with Crippen LogP contribution in [0.4, 0.5) is 5.13 Å². The van der Waals surface area contributed by atoms with Crippen molar-refractivity contribution in [1.82, 2.24) is 28.7 Å². The van der Waals surface area contributed by atoms with Gasteiger partial charge in [0.1, 0.15) is 6.54 Å². The number of carbonyl (C=O) groups is 1. The molecule has 0 saturated heterocycles. The van der Waals surface area contributed by atoms with Crippen LogP contribution in [0.25, 0.3) is 33.3 Å². The summed E-state index contributed by atoms with van der Waals surface area (Å²) >= 11 is 1.28. The van der Waals surface area contributed by atoms with Gasteiger partial charge in [0.15, 0.2) is 16.3 Å². The highest BCUT2D eigenvalue weighted by atomic mass is 32.1. The highest BCUT2D eigenvalue weighted by molar-refractivity contribution is 7.14. The van der Waals surface area contributed by atoms with Crippen molar-refractivity contribution in [3.8, 4) is 11.3 Å². The molecule has 0 saturated carbocycles. The highest BCUT2D eigenvalue weighted by Gasteiger charge is 2.18. The molecule has 11 heteroatoms. The average molecular weight is 449 g/mol. The Morgan fingerprint density at radius 2 is 2.00 bits per heavy atom. The van der Waals surface area contributed by atoms with Crippen LogP contribution in [0.3, 0.4) is 0 Å². The van der Waals surface area contributed by atoms with Crippen molar-refractivity contribution in [2.45, 2.75) is 13.5 Å². The minimum Gasteiger partial charge on any atom is -0.358 e. The third-order valence-corrected chi connectivity index (χ3v) is 6.16. The number of nitrogens with zero attached hydrogens (tertiary/aromatic N) is 5. The van der Waals surface area contributed by atoms with Gasteiger partial charge in [0, 0.05) is 41.6 Å². The molecule has 2 N–H and O–H groups in total. The van der Waals surface area contributed by atoms with Crippen molar-refractivity contribution in [1.29, 1.82) is 0 Å². The highest BCUT2D eigenvalue weighted by Crippen LogP contribution is 2.33. The second-order valence-corrected chi connectivity index (χ2v) is 8.38. The normalized spacial score (nSPS) is 11.5. The maximum Gasteiger partial charge on any atom is 0.332 e. The molecule has 1 amide bonds. The lowest BCUT2D eigenvalue weighted by molar-refractivity contribution is -0.116. The van der Waals surface area contributed by atoms with E-state index in [1.54, 1.807) is 7.05 Å². The smallest absolute Gasteiger partial charge is 0.332 e. The number of H-pyrrole nitrogens is 1. The van der Waals surface area contributed by atoms with Gasteiger partial charge < -0.3 is 14.9 Å². The van der Waals surface area contributed by atoms with E-state index in [-0.39, 0.29) is 11.2 Å². The first-order chi connectivity index (χ1) is 15.3. The lowest BCUT2D eigenvalue weighted by Crippen LogP contribution is -2.42. The van der Waals surface area contributed by atoms with E-state index in [1.807, 2.05) is 36.6 Å². The van der Waals surface area contributed by atoms with Crippen LogP contribution >= 0.6 is 11.3 Å². The third-order valence-electron chi connectivity index (χ3n) is 5.40. The summed E-state index contributed by atoms with van der Waals surface area (Å²) in [5.41, 5.74) is 3.07. The summed E-state index contributed by atoms with van der Waals surface area (Å²) in [6.07, 6.45) is 1.46. The minimum absolute atomic E-state index is 0.256. The molecule has 0 aliphatic carbocycles. The van der Waals surface area contributed by atoms with Crippen LogP contribution in [0, 0.1) is 6.92 Å². The average Bonchev–Trinajstić information content (AvgIpc) is 3.46. The number of carbonyl (C=O) groups excluding carboxylic acids is 1. The topological polar surface area (TPSA) is 120 Å². The molecular weight excluding hydrogens is 430 g/mol. The van der Waals surface area contributed by atoms with Crippen LogP contribution < -0.4 is 16.6 Å². The molecule has 0 unspecified atom stereocenters. The molecule has 0 radical (unpaired) electrons. The predicted octanol–water partition coefficient (Wildman–Crippen LogP) is 1.99. The number of aromatic nitrogens is 6. The molecule has 0 aliphatic rings. The molecule has 0 fully saturated rings. The number of aryl methyl sites for hydroxylation is 3. The molecule has 0 bridgehead atoms. The minimum atomic E-state index is -0.606. The molecule has 1 aromatic carbocycles. The molecule has 0 atom stereocenters. The molecule has 162 valence electrons. The van der Waals surface area contributed by atoms with Gasteiger partial charge in [-0.05, 0) is 13.0 Å². The van der Waals surface area contributed by atoms with Crippen molar-refractivity contribution < 1.29 is 4.79 Å². The van der Waals surface area contributed by atoms with E-state index in [4.69, 9.17) is 0 Å². The molecule has 0 spiro atoms. The second kappa shape index (κ2) is 7.31. The van der Waals surface area contributed by atoms with Gasteiger partial charge in [0.25, 0.3) is 5.56 Å². The number of nitrogens with one attached hydrogen (secondary N) is 2. The summed E-state index contributed by atoms with van der Waals surface area (Å²) < 4.78 is 3.69. The number of para-hydroxylation sites is 1. The summed E-state index contributed by atoms with van der Waals surface area (Å²) in [5, 5.41) is 6.00. The van der Waals surface area contributed by atoms with Crippen LogP contribution in [-0.4, -0.2) is 34.6 Å². The molecule has 4 aromatic heterocycles. The van der Waals surface area contributed by atoms with Gasteiger partial charge in [-0.1, -0.05) is 18.2 Å². The SMILES string of the molecule is Cc1[nH]c2ccccc2c1-c1csc(NC(=O)Cn2c(=O)c3c(ncn3C)n(C)c2=O)n1. The number of fused-ring (bicyclic) bond motifs is 2. The van der Waals surface area contributed by atoms with Gasteiger partial charge in [0.05, 0.1) is 12.0 Å². The summed E-state index contributed by atoms with van der Waals surface area (Å²) in [7, 11) is 3.18. The number of anilines is 1. The fourth-order valence-corrected chi connectivity index (χ4v) is 4.61. The lowest BCUT2D eigenvalue weighted by atomic mass is 10.1. The summed E-state index contributed by atoms with van der Waals surface area (Å²) in [6.45, 7) is 1.55. The third kappa shape index (κ3) is 3.05. The standard InChI is InChI=1S/C21H19N7O3S/c1-11-16(12-6-4-5-7-13(12)23-11)14-9-32-20(24-14)25-15(29)8-28-19(30)17-18(22-10-26(17)2)27(3)21(28)31/h4-7,9-10,23H,8H2,1-3H3,(H,24,25,29). The first-order valence-electron chi connectivity index (χ1n) is 9.79. The van der Waals surface area contributed by atoms with Gasteiger partial charge >= 0.3 is 5.69 Å². The van der Waals surface area contributed by atoms with Gasteiger partial charge in [-0.15, -0.1) is 11.3 Å².